The number of likely N-dealkylation sites (N-methyl/N-ethyl adjacent to an activating group) is 1. The Bertz CT molecular complexity index is 606. The summed E-state index contributed by atoms with van der Waals surface area (Å²) in [7, 11) is 0. The molecule has 24 heavy (non-hydrogen) atoms. The summed E-state index contributed by atoms with van der Waals surface area (Å²) < 4.78 is 25.1. The first kappa shape index (κ1) is 18.1. The molecule has 1 fully saturated rings. The van der Waals surface area contributed by atoms with Crippen molar-refractivity contribution in [1.29, 1.82) is 0 Å². The number of hydrogen-bond acceptors (Lipinski definition) is 4. The number of cyclic esters (lactones) is 1. The maximum absolute atomic E-state index is 14.6. The Labute approximate surface area is 142 Å². The molecule has 1 aliphatic rings. The molecule has 6 heteroatoms. The molecule has 1 unspecified atom stereocenters. The Hall–Kier alpha value is -2.24. The van der Waals surface area contributed by atoms with Gasteiger partial charge in [-0.05, 0) is 38.5 Å². The number of ether oxygens (including phenoxy) is 2. The smallest absolute Gasteiger partial charge is 0.414 e. The van der Waals surface area contributed by atoms with Crippen LogP contribution in [-0.2, 0) is 9.47 Å². The lowest BCUT2D eigenvalue weighted by atomic mass is 10.2. The predicted molar refractivity (Wildman–Crippen MR) is 93.0 cm³/mol. The quantitative estimate of drug-likeness (QED) is 0.675. The third kappa shape index (κ3) is 4.19. The predicted octanol–water partition coefficient (Wildman–Crippen LogP) is 3.94. The molecule has 0 spiro atoms. The van der Waals surface area contributed by atoms with Crippen molar-refractivity contribution in [2.75, 3.05) is 36.0 Å². The van der Waals surface area contributed by atoms with Gasteiger partial charge in [-0.15, -0.1) is 0 Å². The Balaban J connectivity index is 2.10. The second-order valence-corrected chi connectivity index (χ2v) is 5.79. The Kier molecular flexibility index (Phi) is 6.06. The minimum absolute atomic E-state index is 0.133. The molecule has 1 aromatic rings. The van der Waals surface area contributed by atoms with Gasteiger partial charge in [-0.1, -0.05) is 13.5 Å². The average molecular weight is 336 g/mol. The van der Waals surface area contributed by atoms with Crippen molar-refractivity contribution in [1.82, 2.24) is 0 Å². The van der Waals surface area contributed by atoms with Gasteiger partial charge in [0, 0.05) is 6.54 Å². The number of anilines is 2. The van der Waals surface area contributed by atoms with Crippen molar-refractivity contribution in [3.05, 3.63) is 36.4 Å². The fraction of sp³-hybridized carbons (Fsp3) is 0.500. The Morgan fingerprint density at radius 3 is 2.79 bits per heavy atom. The van der Waals surface area contributed by atoms with E-state index in [1.54, 1.807) is 19.1 Å². The van der Waals surface area contributed by atoms with E-state index in [9.17, 15) is 9.18 Å². The second-order valence-electron chi connectivity index (χ2n) is 5.79. The number of amides is 1. The van der Waals surface area contributed by atoms with Gasteiger partial charge in [0.25, 0.3) is 0 Å². The zero-order valence-electron chi connectivity index (χ0n) is 14.5. The van der Waals surface area contributed by atoms with Gasteiger partial charge in [-0.2, -0.15) is 0 Å². The maximum Gasteiger partial charge on any atom is 0.414 e. The average Bonchev–Trinajstić information content (AvgIpc) is 2.93. The molecule has 1 aromatic carbocycles. The van der Waals surface area contributed by atoms with Gasteiger partial charge < -0.3 is 14.4 Å². The van der Waals surface area contributed by atoms with Crippen molar-refractivity contribution < 1.29 is 18.7 Å². The minimum Gasteiger partial charge on any atom is -0.497 e. The minimum atomic E-state index is -0.420. The van der Waals surface area contributed by atoms with Gasteiger partial charge in [0.1, 0.15) is 18.5 Å². The van der Waals surface area contributed by atoms with E-state index in [1.165, 1.54) is 11.0 Å². The van der Waals surface area contributed by atoms with Crippen LogP contribution >= 0.6 is 0 Å². The van der Waals surface area contributed by atoms with Crippen molar-refractivity contribution in [3.63, 3.8) is 0 Å². The van der Waals surface area contributed by atoms with Crippen LogP contribution in [-0.4, -0.2) is 38.4 Å². The molecule has 1 aliphatic heterocycles. The van der Waals surface area contributed by atoms with E-state index in [0.717, 1.165) is 6.42 Å². The highest BCUT2D eigenvalue weighted by molar-refractivity contribution is 5.90. The summed E-state index contributed by atoms with van der Waals surface area (Å²) in [5.41, 5.74) is 1.01. The van der Waals surface area contributed by atoms with Crippen LogP contribution in [0.5, 0.6) is 0 Å². The number of allylic oxidation sites excluding steroid dienone is 1. The van der Waals surface area contributed by atoms with Crippen LogP contribution in [0.25, 0.3) is 0 Å². The molecule has 2 rings (SSSR count). The van der Waals surface area contributed by atoms with E-state index in [0.29, 0.717) is 43.4 Å². The van der Waals surface area contributed by atoms with Crippen molar-refractivity contribution in [3.8, 4) is 0 Å². The monoisotopic (exact) mass is 336 g/mol. The van der Waals surface area contributed by atoms with E-state index in [4.69, 9.17) is 9.47 Å². The van der Waals surface area contributed by atoms with Gasteiger partial charge in [-0.25, -0.2) is 9.18 Å². The summed E-state index contributed by atoms with van der Waals surface area (Å²) in [6, 6.07) is 4.83. The highest BCUT2D eigenvalue weighted by Crippen LogP contribution is 2.28. The van der Waals surface area contributed by atoms with E-state index in [-0.39, 0.29) is 11.9 Å². The molecule has 132 valence electrons. The lowest BCUT2D eigenvalue weighted by Gasteiger charge is -2.24. The summed E-state index contributed by atoms with van der Waals surface area (Å²) in [5, 5.41) is 0. The molecular formula is C18H25FN2O3. The van der Waals surface area contributed by atoms with Gasteiger partial charge >= 0.3 is 6.09 Å². The zero-order valence-corrected chi connectivity index (χ0v) is 14.5. The lowest BCUT2D eigenvalue weighted by Crippen LogP contribution is -2.28. The van der Waals surface area contributed by atoms with Gasteiger partial charge in [0.15, 0.2) is 0 Å². The summed E-state index contributed by atoms with van der Waals surface area (Å²) in [6.07, 6.45) is 0.192. The Morgan fingerprint density at radius 1 is 1.50 bits per heavy atom. The molecule has 0 saturated carbocycles. The number of halogens is 1. The number of benzene rings is 1. The zero-order chi connectivity index (χ0) is 17.7. The number of rotatable bonds is 8. The SMILES string of the molecule is C=C(C)OCCN(CC)c1ccc(N2CC(CC)OC2=O)cc1F. The lowest BCUT2D eigenvalue weighted by molar-refractivity contribution is 0.139. The van der Waals surface area contributed by atoms with Crippen LogP contribution in [0.3, 0.4) is 0 Å². The van der Waals surface area contributed by atoms with Crippen LogP contribution < -0.4 is 9.80 Å². The summed E-state index contributed by atoms with van der Waals surface area (Å²) in [5.74, 6) is 0.275. The summed E-state index contributed by atoms with van der Waals surface area (Å²) in [6.45, 7) is 11.5. The molecule has 0 radical (unpaired) electrons. The molecule has 5 nitrogen and oxygen atoms in total. The van der Waals surface area contributed by atoms with Gasteiger partial charge in [0.05, 0.1) is 30.2 Å². The van der Waals surface area contributed by atoms with Crippen LogP contribution in [0.2, 0.25) is 0 Å². The molecule has 1 heterocycles. The maximum atomic E-state index is 14.6. The molecule has 1 saturated heterocycles. The van der Waals surface area contributed by atoms with E-state index in [2.05, 4.69) is 6.58 Å². The van der Waals surface area contributed by atoms with Crippen molar-refractivity contribution >= 4 is 17.5 Å². The van der Waals surface area contributed by atoms with Crippen LogP contribution in [0, 0.1) is 5.82 Å². The highest BCUT2D eigenvalue weighted by Gasteiger charge is 2.31. The van der Waals surface area contributed by atoms with Gasteiger partial charge in [0.2, 0.25) is 0 Å². The van der Waals surface area contributed by atoms with Gasteiger partial charge in [-0.3, -0.25) is 4.90 Å². The number of nitrogens with zero attached hydrogens (tertiary/aromatic N) is 2. The first-order valence-corrected chi connectivity index (χ1v) is 8.27. The highest BCUT2D eigenvalue weighted by atomic mass is 19.1. The Morgan fingerprint density at radius 2 is 2.25 bits per heavy atom. The number of carbonyl (C=O) groups is 1. The fourth-order valence-electron chi connectivity index (χ4n) is 2.64. The molecule has 0 aliphatic carbocycles. The van der Waals surface area contributed by atoms with Crippen LogP contribution in [0.15, 0.2) is 30.5 Å². The second kappa shape index (κ2) is 8.04. The molecule has 0 bridgehead atoms. The van der Waals surface area contributed by atoms with Crippen LogP contribution in [0.4, 0.5) is 20.6 Å². The molecule has 0 N–H and O–H groups in total. The first-order chi connectivity index (χ1) is 11.5. The molecule has 0 aromatic heterocycles. The third-order valence-corrected chi connectivity index (χ3v) is 4.00. The largest absolute Gasteiger partial charge is 0.497 e. The van der Waals surface area contributed by atoms with Crippen molar-refractivity contribution in [2.24, 2.45) is 0 Å². The topological polar surface area (TPSA) is 42.0 Å². The third-order valence-electron chi connectivity index (χ3n) is 4.00. The number of carbonyl (C=O) groups excluding carboxylic acids is 1. The van der Waals surface area contributed by atoms with E-state index >= 15 is 0 Å². The summed E-state index contributed by atoms with van der Waals surface area (Å²) in [4.78, 5) is 15.2. The van der Waals surface area contributed by atoms with E-state index < -0.39 is 6.09 Å². The van der Waals surface area contributed by atoms with Crippen LogP contribution in [0.1, 0.15) is 27.2 Å². The van der Waals surface area contributed by atoms with E-state index in [1.807, 2.05) is 18.7 Å². The van der Waals surface area contributed by atoms with Crippen molar-refractivity contribution in [2.45, 2.75) is 33.3 Å². The fourth-order valence-corrected chi connectivity index (χ4v) is 2.64. The normalized spacial score (nSPS) is 16.9. The molecule has 1 amide bonds. The number of hydrogen-bond donors (Lipinski definition) is 0. The molecule has 1 atom stereocenters. The first-order valence-electron chi connectivity index (χ1n) is 8.27. The summed E-state index contributed by atoms with van der Waals surface area (Å²) >= 11 is 0. The standard InChI is InChI=1S/C18H25FN2O3/c1-5-15-12-21(18(22)24-15)14-7-8-17(16(19)11-14)20(6-2)9-10-23-13(3)4/h7-8,11,15H,3,5-6,9-10,12H2,1-2,4H3. The molecular weight excluding hydrogens is 311 g/mol.